The van der Waals surface area contributed by atoms with E-state index in [1.165, 1.54) is 0 Å². The third kappa shape index (κ3) is 3.25. The number of hydrogen-bond acceptors (Lipinski definition) is 3. The van der Waals surface area contributed by atoms with Gasteiger partial charge in [-0.3, -0.25) is 4.79 Å². The van der Waals surface area contributed by atoms with Gasteiger partial charge in [0, 0.05) is 11.7 Å². The number of thiol groups is 1. The summed E-state index contributed by atoms with van der Waals surface area (Å²) in [4.78, 5) is 11.3. The topological polar surface area (TPSA) is 43.1 Å². The highest BCUT2D eigenvalue weighted by Crippen LogP contribution is 2.12. The molecule has 0 aliphatic rings. The van der Waals surface area contributed by atoms with Crippen LogP contribution in [0.25, 0.3) is 0 Å². The molecule has 0 rings (SSSR count). The summed E-state index contributed by atoms with van der Waals surface area (Å²) in [5.74, 6) is 0.983. The summed E-state index contributed by atoms with van der Waals surface area (Å²) < 4.78 is 0. The quantitative estimate of drug-likeness (QED) is 0.628. The molecule has 2 nitrogen and oxygen atoms in total. The van der Waals surface area contributed by atoms with E-state index in [4.69, 9.17) is 5.73 Å². The Balaban J connectivity index is 4.02. The van der Waals surface area contributed by atoms with E-state index in [0.717, 1.165) is 0 Å². The van der Waals surface area contributed by atoms with Gasteiger partial charge in [0.25, 0.3) is 0 Å². The number of carbonyl (C=O) groups excluding carboxylic acids is 1. The smallest absolute Gasteiger partial charge is 0.153 e. The van der Waals surface area contributed by atoms with Crippen molar-refractivity contribution in [1.82, 2.24) is 0 Å². The van der Waals surface area contributed by atoms with Crippen molar-refractivity contribution in [3.8, 4) is 0 Å². The van der Waals surface area contributed by atoms with Crippen molar-refractivity contribution >= 4 is 18.4 Å². The predicted molar refractivity (Wildman–Crippen MR) is 50.8 cm³/mol. The minimum atomic E-state index is -0.393. The van der Waals surface area contributed by atoms with Gasteiger partial charge < -0.3 is 5.73 Å². The minimum absolute atomic E-state index is 0.0529. The summed E-state index contributed by atoms with van der Waals surface area (Å²) in [7, 11) is 0. The van der Waals surface area contributed by atoms with E-state index in [9.17, 15) is 4.79 Å². The summed E-state index contributed by atoms with van der Waals surface area (Å²) in [5, 5.41) is 0. The first-order valence-corrected chi connectivity index (χ1v) is 4.54. The van der Waals surface area contributed by atoms with Gasteiger partial charge in [-0.2, -0.15) is 12.6 Å². The lowest BCUT2D eigenvalue weighted by atomic mass is 9.90. The molecule has 2 N–H and O–H groups in total. The van der Waals surface area contributed by atoms with Gasteiger partial charge in [0.1, 0.15) is 0 Å². The van der Waals surface area contributed by atoms with E-state index in [2.05, 4.69) is 12.6 Å². The fourth-order valence-corrected chi connectivity index (χ4v) is 0.936. The molecule has 0 fully saturated rings. The number of nitrogens with two attached hydrogens (primary N) is 1. The van der Waals surface area contributed by atoms with E-state index in [1.54, 1.807) is 0 Å². The average Bonchev–Trinajstić information content (AvgIpc) is 2.00. The summed E-state index contributed by atoms with van der Waals surface area (Å²) in [6.07, 6.45) is 0. The highest BCUT2D eigenvalue weighted by molar-refractivity contribution is 7.80. The van der Waals surface area contributed by atoms with Crippen molar-refractivity contribution in [3.63, 3.8) is 0 Å². The molecule has 0 radical (unpaired) electrons. The molecule has 0 aliphatic carbocycles. The monoisotopic (exact) mass is 175 g/mol. The molecule has 0 heterocycles. The maximum absolute atomic E-state index is 11.3. The molecule has 3 heteroatoms. The van der Waals surface area contributed by atoms with Gasteiger partial charge in [-0.05, 0) is 5.92 Å². The molecule has 0 aromatic heterocycles. The fourth-order valence-electron chi connectivity index (χ4n) is 0.756. The van der Waals surface area contributed by atoms with Gasteiger partial charge in [-0.25, -0.2) is 0 Å². The second-order valence-electron chi connectivity index (χ2n) is 3.22. The second-order valence-corrected chi connectivity index (χ2v) is 3.59. The van der Waals surface area contributed by atoms with E-state index < -0.39 is 6.04 Å². The van der Waals surface area contributed by atoms with Crippen LogP contribution < -0.4 is 5.73 Å². The fraction of sp³-hybridized carbons (Fsp3) is 0.875. The normalized spacial score (nSPS) is 16.5. The first-order chi connectivity index (χ1) is 5.00. The molecule has 0 aliphatic heterocycles. The van der Waals surface area contributed by atoms with Crippen LogP contribution in [0.3, 0.4) is 0 Å². The molecule has 0 bridgehead atoms. The average molecular weight is 175 g/mol. The van der Waals surface area contributed by atoms with Crippen molar-refractivity contribution in [2.24, 2.45) is 17.6 Å². The van der Waals surface area contributed by atoms with Crippen molar-refractivity contribution in [3.05, 3.63) is 0 Å². The highest BCUT2D eigenvalue weighted by atomic mass is 32.1. The maximum Gasteiger partial charge on any atom is 0.153 e. The maximum atomic E-state index is 11.3. The van der Waals surface area contributed by atoms with Crippen LogP contribution in [0.2, 0.25) is 0 Å². The Bertz CT molecular complexity index is 136. The molecular formula is C8H17NOS. The van der Waals surface area contributed by atoms with Crippen LogP contribution >= 0.6 is 12.6 Å². The molecule has 0 aromatic carbocycles. The van der Waals surface area contributed by atoms with Crippen molar-refractivity contribution in [2.45, 2.75) is 26.8 Å². The summed E-state index contributed by atoms with van der Waals surface area (Å²) in [6.45, 7) is 5.96. The standard InChI is InChI=1S/C8H17NOS/c1-5(2)6(3)8(10)7(9)4-11/h5-7,11H,4,9H2,1-3H3. The molecule has 11 heavy (non-hydrogen) atoms. The van der Waals surface area contributed by atoms with Crippen molar-refractivity contribution in [2.75, 3.05) is 5.75 Å². The largest absolute Gasteiger partial charge is 0.321 e. The molecule has 2 atom stereocenters. The predicted octanol–water partition coefficient (Wildman–Crippen LogP) is 1.10. The van der Waals surface area contributed by atoms with Crippen LogP contribution in [0.5, 0.6) is 0 Å². The molecule has 66 valence electrons. The number of carbonyl (C=O) groups is 1. The lowest BCUT2D eigenvalue weighted by molar-refractivity contribution is -0.124. The van der Waals surface area contributed by atoms with Crippen LogP contribution in [0.1, 0.15) is 20.8 Å². The number of hydrogen-bond donors (Lipinski definition) is 2. The second kappa shape index (κ2) is 4.78. The molecule has 2 unspecified atom stereocenters. The zero-order valence-electron chi connectivity index (χ0n) is 7.37. The van der Waals surface area contributed by atoms with Gasteiger partial charge in [-0.1, -0.05) is 20.8 Å². The minimum Gasteiger partial charge on any atom is -0.321 e. The Kier molecular flexibility index (Phi) is 4.77. The van der Waals surface area contributed by atoms with Crippen molar-refractivity contribution in [1.29, 1.82) is 0 Å². The van der Waals surface area contributed by atoms with Crippen LogP contribution in [-0.2, 0) is 4.79 Å². The molecule has 0 aromatic rings. The molecular weight excluding hydrogens is 158 g/mol. The van der Waals surface area contributed by atoms with E-state index >= 15 is 0 Å². The Labute approximate surface area is 74.0 Å². The molecule has 0 saturated carbocycles. The Morgan fingerprint density at radius 2 is 1.91 bits per heavy atom. The summed E-state index contributed by atoms with van der Waals surface area (Å²) in [6, 6.07) is -0.393. The van der Waals surface area contributed by atoms with Crippen LogP contribution in [0.15, 0.2) is 0 Å². The van der Waals surface area contributed by atoms with Crippen molar-refractivity contribution < 1.29 is 4.79 Å². The van der Waals surface area contributed by atoms with Gasteiger partial charge in [0.05, 0.1) is 6.04 Å². The van der Waals surface area contributed by atoms with Crippen LogP contribution in [0.4, 0.5) is 0 Å². The van der Waals surface area contributed by atoms with Crippen LogP contribution in [0, 0.1) is 11.8 Å². The third-order valence-electron chi connectivity index (χ3n) is 2.01. The lowest BCUT2D eigenvalue weighted by Crippen LogP contribution is -2.37. The van der Waals surface area contributed by atoms with E-state index in [0.29, 0.717) is 11.7 Å². The summed E-state index contributed by atoms with van der Waals surface area (Å²) >= 11 is 3.97. The molecule has 0 spiro atoms. The van der Waals surface area contributed by atoms with E-state index in [1.807, 2.05) is 20.8 Å². The first kappa shape index (κ1) is 11.0. The van der Waals surface area contributed by atoms with Gasteiger partial charge in [-0.15, -0.1) is 0 Å². The highest BCUT2D eigenvalue weighted by Gasteiger charge is 2.21. The first-order valence-electron chi connectivity index (χ1n) is 3.90. The Morgan fingerprint density at radius 3 is 2.18 bits per heavy atom. The zero-order chi connectivity index (χ0) is 9.02. The lowest BCUT2D eigenvalue weighted by Gasteiger charge is -2.17. The van der Waals surface area contributed by atoms with Crippen LogP contribution in [-0.4, -0.2) is 17.6 Å². The van der Waals surface area contributed by atoms with Gasteiger partial charge in [0.15, 0.2) is 5.78 Å². The van der Waals surface area contributed by atoms with Gasteiger partial charge in [0.2, 0.25) is 0 Å². The number of ketones is 1. The number of Topliss-reactive ketones (excluding diaryl/α,β-unsaturated/α-hetero) is 1. The number of rotatable bonds is 4. The molecule has 0 amide bonds. The molecule has 0 saturated heterocycles. The van der Waals surface area contributed by atoms with Gasteiger partial charge >= 0.3 is 0 Å². The SMILES string of the molecule is CC(C)C(C)C(=O)C(N)CS. The zero-order valence-corrected chi connectivity index (χ0v) is 8.27. The third-order valence-corrected chi connectivity index (χ3v) is 2.40. The summed E-state index contributed by atoms with van der Waals surface area (Å²) in [5.41, 5.74) is 5.53. The van der Waals surface area contributed by atoms with E-state index in [-0.39, 0.29) is 11.7 Å². The Hall–Kier alpha value is -0.0200. The Morgan fingerprint density at radius 1 is 1.45 bits per heavy atom.